The fourth-order valence-corrected chi connectivity index (χ4v) is 2.70. The van der Waals surface area contributed by atoms with Crippen LogP contribution in [0.15, 0.2) is 85.5 Å². The van der Waals surface area contributed by atoms with Crippen molar-refractivity contribution in [2.75, 3.05) is 12.8 Å². The summed E-state index contributed by atoms with van der Waals surface area (Å²) in [5.74, 6) is 0.727. The molecule has 0 spiro atoms. The topological polar surface area (TPSA) is 61.3 Å². The van der Waals surface area contributed by atoms with Crippen LogP contribution < -0.4 is 16.2 Å². The maximum Gasteiger partial charge on any atom is 0.128 e. The summed E-state index contributed by atoms with van der Waals surface area (Å²) in [7, 11) is 1.63. The number of nitrogens with two attached hydrogens (primary N) is 2. The molecule has 0 unspecified atom stereocenters. The van der Waals surface area contributed by atoms with Crippen LogP contribution in [-0.4, -0.2) is 7.11 Å². The fraction of sp³-hybridized carbons (Fsp3) is 0.267. The average molecular weight is 447 g/mol. The molecular formula is C30H42N2O. The lowest BCUT2D eigenvalue weighted by Crippen LogP contribution is -1.98. The number of hydrogen-bond acceptors (Lipinski definition) is 3. The number of allylic oxidation sites excluding steroid dienone is 3. The van der Waals surface area contributed by atoms with E-state index < -0.39 is 0 Å². The molecular weight excluding hydrogens is 404 g/mol. The van der Waals surface area contributed by atoms with Crippen molar-refractivity contribution in [1.82, 2.24) is 0 Å². The first-order valence-electron chi connectivity index (χ1n) is 11.5. The number of fused-ring (bicyclic) bond motifs is 1. The molecule has 0 aliphatic carbocycles. The summed E-state index contributed by atoms with van der Waals surface area (Å²) in [6.45, 7) is 19.6. The van der Waals surface area contributed by atoms with Gasteiger partial charge in [-0.15, -0.1) is 0 Å². The van der Waals surface area contributed by atoms with E-state index in [0.29, 0.717) is 5.70 Å². The standard InChI is InChI=1S/C19H18N2O.C6H10.C3H8.C2H6/c1-12(20)18-11-16(6-8-19(18)22-2)13-3-4-15-10-17(21)7-5-14(15)9-13;1-4-6(3)5-2;1-3-2;1-2/h3-11H,1,20-21H2,2H3;4-5H,1H2,2-3H3;3H2,1-2H3;1-2H3/b;6-5+;;. The maximum absolute atomic E-state index is 5.86. The Morgan fingerprint density at radius 2 is 1.45 bits per heavy atom. The summed E-state index contributed by atoms with van der Waals surface area (Å²) in [5.41, 5.74) is 17.2. The Balaban J connectivity index is 0.000000789. The van der Waals surface area contributed by atoms with E-state index in [4.69, 9.17) is 16.2 Å². The maximum atomic E-state index is 5.86. The van der Waals surface area contributed by atoms with Gasteiger partial charge < -0.3 is 16.2 Å². The lowest BCUT2D eigenvalue weighted by Gasteiger charge is -2.11. The third-order valence-electron chi connectivity index (χ3n) is 4.52. The first-order valence-corrected chi connectivity index (χ1v) is 11.5. The molecule has 3 aromatic rings. The lowest BCUT2D eigenvalue weighted by atomic mass is 9.98. The van der Waals surface area contributed by atoms with Crippen LogP contribution in [-0.2, 0) is 0 Å². The van der Waals surface area contributed by atoms with E-state index in [0.717, 1.165) is 38.9 Å². The third-order valence-corrected chi connectivity index (χ3v) is 4.52. The van der Waals surface area contributed by atoms with Crippen molar-refractivity contribution in [2.24, 2.45) is 5.73 Å². The zero-order chi connectivity index (χ0) is 25.4. The number of hydrogen-bond donors (Lipinski definition) is 2. The van der Waals surface area contributed by atoms with Crippen molar-refractivity contribution >= 4 is 22.2 Å². The van der Waals surface area contributed by atoms with E-state index in [1.807, 2.05) is 76.2 Å². The Bertz CT molecular complexity index is 1050. The molecule has 4 N–H and O–H groups in total. The van der Waals surface area contributed by atoms with Gasteiger partial charge >= 0.3 is 0 Å². The number of nitrogen functional groups attached to an aromatic ring is 1. The van der Waals surface area contributed by atoms with Gasteiger partial charge in [0.05, 0.1) is 7.11 Å². The predicted molar refractivity (Wildman–Crippen MR) is 151 cm³/mol. The first-order chi connectivity index (χ1) is 15.8. The zero-order valence-corrected chi connectivity index (χ0v) is 21.5. The molecule has 3 rings (SSSR count). The number of benzene rings is 3. The van der Waals surface area contributed by atoms with Gasteiger partial charge in [0.25, 0.3) is 0 Å². The van der Waals surface area contributed by atoms with Crippen molar-refractivity contribution in [1.29, 1.82) is 0 Å². The average Bonchev–Trinajstić information content (AvgIpc) is 2.84. The van der Waals surface area contributed by atoms with Crippen LogP contribution in [0, 0.1) is 0 Å². The fourth-order valence-electron chi connectivity index (χ4n) is 2.70. The molecule has 0 saturated heterocycles. The van der Waals surface area contributed by atoms with Gasteiger partial charge in [0.1, 0.15) is 5.75 Å². The van der Waals surface area contributed by atoms with Crippen LogP contribution in [0.25, 0.3) is 27.6 Å². The van der Waals surface area contributed by atoms with Gasteiger partial charge in [-0.05, 0) is 66.1 Å². The van der Waals surface area contributed by atoms with Gasteiger partial charge in [-0.1, -0.05) is 89.3 Å². The van der Waals surface area contributed by atoms with Gasteiger partial charge in [-0.25, -0.2) is 0 Å². The van der Waals surface area contributed by atoms with E-state index >= 15 is 0 Å². The molecule has 0 atom stereocenters. The van der Waals surface area contributed by atoms with Crippen LogP contribution >= 0.6 is 0 Å². The normalized spacial score (nSPS) is 9.85. The third kappa shape index (κ3) is 9.69. The molecule has 0 bridgehead atoms. The lowest BCUT2D eigenvalue weighted by molar-refractivity contribution is 0.413. The summed E-state index contributed by atoms with van der Waals surface area (Å²) >= 11 is 0. The minimum Gasteiger partial charge on any atom is -0.496 e. The highest BCUT2D eigenvalue weighted by atomic mass is 16.5. The van der Waals surface area contributed by atoms with Crippen molar-refractivity contribution in [3.63, 3.8) is 0 Å². The van der Waals surface area contributed by atoms with E-state index in [2.05, 4.69) is 45.2 Å². The summed E-state index contributed by atoms with van der Waals surface area (Å²) in [5, 5.41) is 2.27. The Morgan fingerprint density at radius 1 is 0.939 bits per heavy atom. The summed E-state index contributed by atoms with van der Waals surface area (Å²) in [6, 6.07) is 18.1. The SMILES string of the molecule is C=C(N)c1cc(-c2ccc3cc(N)ccc3c2)ccc1OC.C=C/C(C)=C/C.CC.CCC. The number of ether oxygens (including phenoxy) is 1. The number of rotatable bonds is 4. The zero-order valence-electron chi connectivity index (χ0n) is 21.5. The van der Waals surface area contributed by atoms with E-state index in [-0.39, 0.29) is 0 Å². The molecule has 0 saturated carbocycles. The second-order valence-electron chi connectivity index (χ2n) is 7.21. The Morgan fingerprint density at radius 3 is 1.94 bits per heavy atom. The van der Waals surface area contributed by atoms with Gasteiger partial charge in [-0.3, -0.25) is 0 Å². The van der Waals surface area contributed by atoms with Crippen molar-refractivity contribution < 1.29 is 4.74 Å². The highest BCUT2D eigenvalue weighted by molar-refractivity contribution is 5.90. The minimum absolute atomic E-state index is 0.493. The number of methoxy groups -OCH3 is 1. The van der Waals surface area contributed by atoms with Crippen LogP contribution in [0.5, 0.6) is 5.75 Å². The second kappa shape index (κ2) is 16.2. The summed E-state index contributed by atoms with van der Waals surface area (Å²) in [4.78, 5) is 0. The second-order valence-corrected chi connectivity index (χ2v) is 7.21. The highest BCUT2D eigenvalue weighted by Gasteiger charge is 2.08. The van der Waals surface area contributed by atoms with Crippen LogP contribution in [0.3, 0.4) is 0 Å². The Kier molecular flexibility index (Phi) is 14.5. The molecule has 3 aromatic carbocycles. The van der Waals surface area contributed by atoms with E-state index in [1.165, 1.54) is 12.0 Å². The molecule has 0 fully saturated rings. The van der Waals surface area contributed by atoms with Crippen LogP contribution in [0.1, 0.15) is 53.5 Å². The molecule has 0 aliphatic heterocycles. The van der Waals surface area contributed by atoms with E-state index in [9.17, 15) is 0 Å². The van der Waals surface area contributed by atoms with Gasteiger partial charge in [0.2, 0.25) is 0 Å². The monoisotopic (exact) mass is 446 g/mol. The summed E-state index contributed by atoms with van der Waals surface area (Å²) < 4.78 is 5.33. The molecule has 0 aliphatic rings. The Labute approximate surface area is 201 Å². The Hall–Kier alpha value is -3.46. The van der Waals surface area contributed by atoms with Gasteiger partial charge in [0.15, 0.2) is 0 Å². The predicted octanol–water partition coefficient (Wildman–Crippen LogP) is 8.61. The van der Waals surface area contributed by atoms with Crippen LogP contribution in [0.4, 0.5) is 5.69 Å². The van der Waals surface area contributed by atoms with Crippen molar-refractivity contribution in [3.8, 4) is 16.9 Å². The van der Waals surface area contributed by atoms with Crippen molar-refractivity contribution in [3.05, 3.63) is 91.0 Å². The molecule has 33 heavy (non-hydrogen) atoms. The first kappa shape index (κ1) is 29.5. The van der Waals surface area contributed by atoms with E-state index in [1.54, 1.807) is 7.11 Å². The molecule has 0 radical (unpaired) electrons. The molecule has 0 amide bonds. The van der Waals surface area contributed by atoms with Crippen molar-refractivity contribution in [2.45, 2.75) is 48.0 Å². The summed E-state index contributed by atoms with van der Waals surface area (Å²) in [6.07, 6.45) is 5.10. The number of anilines is 1. The molecule has 3 heteroatoms. The molecule has 0 heterocycles. The largest absolute Gasteiger partial charge is 0.496 e. The molecule has 178 valence electrons. The van der Waals surface area contributed by atoms with Gasteiger partial charge in [-0.2, -0.15) is 0 Å². The molecule has 0 aromatic heterocycles. The van der Waals surface area contributed by atoms with Crippen LogP contribution in [0.2, 0.25) is 0 Å². The highest BCUT2D eigenvalue weighted by Crippen LogP contribution is 2.31. The molecule has 3 nitrogen and oxygen atoms in total. The van der Waals surface area contributed by atoms with Gasteiger partial charge in [0, 0.05) is 16.9 Å². The minimum atomic E-state index is 0.493. The smallest absolute Gasteiger partial charge is 0.128 e. The quantitative estimate of drug-likeness (QED) is 0.311.